The third-order valence-electron chi connectivity index (χ3n) is 13.1. The van der Waals surface area contributed by atoms with E-state index in [0.717, 1.165) is 94.3 Å². The van der Waals surface area contributed by atoms with Crippen molar-refractivity contribution in [2.75, 3.05) is 4.90 Å². The SMILES string of the molecule is c1ccc(-c2ccc(-c3ccc(N(c4ccc(-c5ccc6c(c5)oc5c(-c7ccccc7)cccc56)cc4)c4ccc5c(ccc6ccccc65)c4)c4c3oc3ccccc34)cc2)cc1. The molecule has 0 aliphatic carbocycles. The first-order valence-electron chi connectivity index (χ1n) is 22.1. The molecule has 3 heteroatoms. The van der Waals surface area contributed by atoms with Crippen LogP contribution in [0.25, 0.3) is 110 Å². The lowest BCUT2D eigenvalue weighted by Gasteiger charge is -2.27. The maximum Gasteiger partial charge on any atom is 0.145 e. The Morgan fingerprint density at radius 2 is 0.831 bits per heavy atom. The summed E-state index contributed by atoms with van der Waals surface area (Å²) in [6.07, 6.45) is 0. The second kappa shape index (κ2) is 15.0. The molecule has 0 bridgehead atoms. The molecule has 11 aromatic carbocycles. The van der Waals surface area contributed by atoms with E-state index in [1.54, 1.807) is 0 Å². The summed E-state index contributed by atoms with van der Waals surface area (Å²) in [5, 5.41) is 9.26. The summed E-state index contributed by atoms with van der Waals surface area (Å²) in [5.74, 6) is 0. The predicted molar refractivity (Wildman–Crippen MR) is 272 cm³/mol. The topological polar surface area (TPSA) is 29.5 Å². The van der Waals surface area contributed by atoms with E-state index in [-0.39, 0.29) is 0 Å². The van der Waals surface area contributed by atoms with Crippen LogP contribution in [0, 0.1) is 0 Å². The first kappa shape index (κ1) is 36.9. The highest BCUT2D eigenvalue weighted by molar-refractivity contribution is 6.18. The van der Waals surface area contributed by atoms with Crippen molar-refractivity contribution in [3.8, 4) is 44.5 Å². The van der Waals surface area contributed by atoms with Gasteiger partial charge in [-0.1, -0.05) is 182 Å². The van der Waals surface area contributed by atoms with Crippen LogP contribution >= 0.6 is 0 Å². The van der Waals surface area contributed by atoms with E-state index in [9.17, 15) is 0 Å². The molecule has 0 atom stereocenters. The molecular weight excluding hydrogens is 791 g/mol. The molecule has 0 unspecified atom stereocenters. The zero-order valence-electron chi connectivity index (χ0n) is 35.3. The van der Waals surface area contributed by atoms with Gasteiger partial charge in [0.1, 0.15) is 22.3 Å². The highest BCUT2D eigenvalue weighted by Gasteiger charge is 2.23. The molecule has 0 saturated heterocycles. The minimum Gasteiger partial charge on any atom is -0.455 e. The Hall–Kier alpha value is -8.66. The number of furan rings is 2. The zero-order valence-corrected chi connectivity index (χ0v) is 35.3. The predicted octanol–water partition coefficient (Wildman–Crippen LogP) is 17.9. The summed E-state index contributed by atoms with van der Waals surface area (Å²) < 4.78 is 13.5. The highest BCUT2D eigenvalue weighted by Crippen LogP contribution is 2.47. The summed E-state index contributed by atoms with van der Waals surface area (Å²) in [6, 6.07) is 84.5. The van der Waals surface area contributed by atoms with Crippen LogP contribution in [-0.4, -0.2) is 0 Å². The van der Waals surface area contributed by atoms with Crippen LogP contribution in [-0.2, 0) is 0 Å². The van der Waals surface area contributed by atoms with Crippen LogP contribution in [0.4, 0.5) is 17.1 Å². The van der Waals surface area contributed by atoms with Gasteiger partial charge in [0.25, 0.3) is 0 Å². The summed E-state index contributed by atoms with van der Waals surface area (Å²) in [5.41, 5.74) is 15.6. The van der Waals surface area contributed by atoms with Crippen molar-refractivity contribution in [1.29, 1.82) is 0 Å². The van der Waals surface area contributed by atoms with E-state index in [1.165, 1.54) is 32.7 Å². The fourth-order valence-corrected chi connectivity index (χ4v) is 9.89. The van der Waals surface area contributed by atoms with E-state index in [0.29, 0.717) is 0 Å². The lowest BCUT2D eigenvalue weighted by Crippen LogP contribution is -2.10. The fourth-order valence-electron chi connectivity index (χ4n) is 9.89. The lowest BCUT2D eigenvalue weighted by molar-refractivity contribution is 0.669. The number of hydrogen-bond donors (Lipinski definition) is 0. The second-order valence-electron chi connectivity index (χ2n) is 16.8. The van der Waals surface area contributed by atoms with Gasteiger partial charge < -0.3 is 13.7 Å². The van der Waals surface area contributed by atoms with Crippen molar-refractivity contribution in [1.82, 2.24) is 0 Å². The molecule has 0 spiro atoms. The molecule has 13 aromatic rings. The van der Waals surface area contributed by atoms with Crippen LogP contribution in [0.1, 0.15) is 0 Å². The first-order chi connectivity index (χ1) is 32.2. The molecule has 304 valence electrons. The average molecular weight is 830 g/mol. The number of fused-ring (bicyclic) bond motifs is 9. The summed E-state index contributed by atoms with van der Waals surface area (Å²) in [6.45, 7) is 0. The number of benzene rings is 11. The molecule has 0 radical (unpaired) electrons. The van der Waals surface area contributed by atoms with Gasteiger partial charge in [0.05, 0.1) is 11.1 Å². The molecule has 3 nitrogen and oxygen atoms in total. The minimum absolute atomic E-state index is 0.856. The minimum atomic E-state index is 0.856. The summed E-state index contributed by atoms with van der Waals surface area (Å²) >= 11 is 0. The molecule has 0 aliphatic rings. The van der Waals surface area contributed by atoms with Gasteiger partial charge in [-0.2, -0.15) is 0 Å². The molecule has 2 aromatic heterocycles. The van der Waals surface area contributed by atoms with Gasteiger partial charge in [-0.15, -0.1) is 0 Å². The number of nitrogens with zero attached hydrogens (tertiary/aromatic N) is 1. The van der Waals surface area contributed by atoms with Crippen molar-refractivity contribution in [3.05, 3.63) is 237 Å². The molecule has 0 saturated carbocycles. The van der Waals surface area contributed by atoms with E-state index in [2.05, 4.69) is 229 Å². The Labute approximate surface area is 375 Å². The molecule has 13 rings (SSSR count). The highest BCUT2D eigenvalue weighted by atomic mass is 16.3. The Balaban J connectivity index is 0.961. The Bertz CT molecular complexity index is 3920. The molecular formula is C62H39NO2. The smallest absolute Gasteiger partial charge is 0.145 e. The maximum atomic E-state index is 6.86. The van der Waals surface area contributed by atoms with Crippen LogP contribution in [0.2, 0.25) is 0 Å². The molecule has 65 heavy (non-hydrogen) atoms. The van der Waals surface area contributed by atoms with Crippen molar-refractivity contribution in [2.45, 2.75) is 0 Å². The van der Waals surface area contributed by atoms with Crippen molar-refractivity contribution >= 4 is 82.5 Å². The maximum absolute atomic E-state index is 6.86. The Morgan fingerprint density at radius 1 is 0.277 bits per heavy atom. The standard InChI is InChI=1S/C62H39NO2/c1-3-12-40(13-4-1)41-22-24-45(25-23-41)53-36-37-57(60-56-18-9-10-21-58(56)64-62(53)60)63(49-33-35-51-47(38-49)27-26-44-16-7-8-17-50(44)51)48-31-28-42(29-32-48)46-30-34-54-55-20-11-19-52(43-14-5-2-6-15-43)61(55)65-59(54)39-46/h1-39H. The van der Waals surface area contributed by atoms with E-state index < -0.39 is 0 Å². The van der Waals surface area contributed by atoms with Crippen LogP contribution in [0.5, 0.6) is 0 Å². The Kier molecular flexibility index (Phi) is 8.53. The largest absolute Gasteiger partial charge is 0.455 e. The van der Waals surface area contributed by atoms with Gasteiger partial charge in [0.15, 0.2) is 0 Å². The quantitative estimate of drug-likeness (QED) is 0.150. The summed E-state index contributed by atoms with van der Waals surface area (Å²) in [7, 11) is 0. The van der Waals surface area contributed by atoms with Gasteiger partial charge in [0.2, 0.25) is 0 Å². The van der Waals surface area contributed by atoms with E-state index in [4.69, 9.17) is 8.83 Å². The van der Waals surface area contributed by atoms with Crippen LogP contribution in [0.3, 0.4) is 0 Å². The van der Waals surface area contributed by atoms with Gasteiger partial charge in [-0.05, 0) is 110 Å². The molecule has 2 heterocycles. The van der Waals surface area contributed by atoms with E-state index in [1.807, 2.05) is 12.1 Å². The molecule has 0 amide bonds. The second-order valence-corrected chi connectivity index (χ2v) is 16.8. The molecule has 0 fully saturated rings. The normalized spacial score (nSPS) is 11.7. The van der Waals surface area contributed by atoms with Gasteiger partial charge >= 0.3 is 0 Å². The third kappa shape index (κ3) is 6.20. The lowest BCUT2D eigenvalue weighted by atomic mass is 9.97. The number of para-hydroxylation sites is 2. The van der Waals surface area contributed by atoms with Crippen molar-refractivity contribution < 1.29 is 8.83 Å². The van der Waals surface area contributed by atoms with Gasteiger partial charge in [0, 0.05) is 38.7 Å². The van der Waals surface area contributed by atoms with Crippen LogP contribution < -0.4 is 4.90 Å². The first-order valence-corrected chi connectivity index (χ1v) is 22.1. The van der Waals surface area contributed by atoms with Gasteiger partial charge in [-0.3, -0.25) is 0 Å². The summed E-state index contributed by atoms with van der Waals surface area (Å²) in [4.78, 5) is 2.39. The van der Waals surface area contributed by atoms with Crippen molar-refractivity contribution in [3.63, 3.8) is 0 Å². The van der Waals surface area contributed by atoms with Crippen molar-refractivity contribution in [2.24, 2.45) is 0 Å². The van der Waals surface area contributed by atoms with E-state index >= 15 is 0 Å². The number of hydrogen-bond acceptors (Lipinski definition) is 3. The number of rotatable bonds is 7. The molecule has 0 N–H and O–H groups in total. The Morgan fingerprint density at radius 3 is 1.66 bits per heavy atom. The third-order valence-corrected chi connectivity index (χ3v) is 13.1. The zero-order chi connectivity index (χ0) is 42.8. The fraction of sp³-hybridized carbons (Fsp3) is 0. The number of anilines is 3. The van der Waals surface area contributed by atoms with Gasteiger partial charge in [-0.25, -0.2) is 0 Å². The average Bonchev–Trinajstić information content (AvgIpc) is 3.96. The van der Waals surface area contributed by atoms with Crippen LogP contribution in [0.15, 0.2) is 245 Å². The monoisotopic (exact) mass is 829 g/mol. The molecule has 0 aliphatic heterocycles.